The normalized spacial score (nSPS) is 10.4. The molecule has 0 bridgehead atoms. The van der Waals surface area contributed by atoms with E-state index in [9.17, 15) is 14.0 Å². The van der Waals surface area contributed by atoms with Crippen molar-refractivity contribution in [3.8, 4) is 0 Å². The van der Waals surface area contributed by atoms with Gasteiger partial charge in [0.1, 0.15) is 11.6 Å². The van der Waals surface area contributed by atoms with Gasteiger partial charge in [-0.25, -0.2) is 4.39 Å². The number of nitrogens with one attached hydrogen (secondary N) is 2. The van der Waals surface area contributed by atoms with E-state index >= 15 is 0 Å². The second kappa shape index (κ2) is 7.98. The Morgan fingerprint density at radius 1 is 1.26 bits per heavy atom. The van der Waals surface area contributed by atoms with Crippen LogP contribution in [0.25, 0.3) is 0 Å². The van der Waals surface area contributed by atoms with Gasteiger partial charge >= 0.3 is 0 Å². The number of hydrogen-bond acceptors (Lipinski definition) is 5. The van der Waals surface area contributed by atoms with E-state index in [0.717, 1.165) is 11.8 Å². The third-order valence-electron chi connectivity index (χ3n) is 2.57. The van der Waals surface area contributed by atoms with E-state index in [1.165, 1.54) is 18.2 Å². The molecule has 0 aliphatic rings. The fraction of sp³-hybridized carbons (Fsp3) is 0.214. The summed E-state index contributed by atoms with van der Waals surface area (Å²) < 4.78 is 17.8. The van der Waals surface area contributed by atoms with Crippen molar-refractivity contribution in [2.24, 2.45) is 0 Å². The Morgan fingerprint density at radius 2 is 1.96 bits per heavy atom. The Morgan fingerprint density at radius 3 is 2.57 bits per heavy atom. The number of aryl methyl sites for hydroxylation is 1. The Labute approximate surface area is 140 Å². The molecule has 9 heteroatoms. The molecule has 2 N–H and O–H groups in total. The summed E-state index contributed by atoms with van der Waals surface area (Å²) in [4.78, 5) is 23.4. The summed E-state index contributed by atoms with van der Waals surface area (Å²) >= 11 is 6.76. The van der Waals surface area contributed by atoms with Crippen LogP contribution in [-0.2, 0) is 9.59 Å². The van der Waals surface area contributed by atoms with Gasteiger partial charge in [0.15, 0.2) is 5.82 Å². The number of rotatable bonds is 6. The lowest BCUT2D eigenvalue weighted by Crippen LogP contribution is -2.18. The molecule has 2 aromatic rings. The van der Waals surface area contributed by atoms with E-state index in [4.69, 9.17) is 16.1 Å². The average molecular weight is 358 g/mol. The van der Waals surface area contributed by atoms with Crippen LogP contribution in [0.1, 0.15) is 5.76 Å². The number of halogens is 2. The van der Waals surface area contributed by atoms with Crippen LogP contribution in [0.5, 0.6) is 0 Å². The van der Waals surface area contributed by atoms with Crippen molar-refractivity contribution in [1.82, 2.24) is 5.16 Å². The number of carbonyl (C=O) groups excluding carboxylic acids is 2. The first-order chi connectivity index (χ1) is 10.9. The fourth-order valence-corrected chi connectivity index (χ4v) is 2.41. The van der Waals surface area contributed by atoms with Crippen LogP contribution in [0.4, 0.5) is 15.9 Å². The van der Waals surface area contributed by atoms with Gasteiger partial charge in [0.2, 0.25) is 11.8 Å². The van der Waals surface area contributed by atoms with Gasteiger partial charge in [0, 0.05) is 11.8 Å². The number of thioether (sulfide) groups is 1. The molecule has 1 heterocycles. The number of nitrogens with zero attached hydrogens (tertiary/aromatic N) is 1. The molecule has 2 amide bonds. The number of amides is 2. The van der Waals surface area contributed by atoms with Gasteiger partial charge < -0.3 is 15.2 Å². The number of aromatic nitrogens is 1. The maximum atomic E-state index is 13.0. The summed E-state index contributed by atoms with van der Waals surface area (Å²) in [5.74, 6) is -0.0877. The van der Waals surface area contributed by atoms with Crippen LogP contribution in [0, 0.1) is 12.7 Å². The lowest BCUT2D eigenvalue weighted by atomic mass is 10.3. The Balaban J connectivity index is 1.71. The van der Waals surface area contributed by atoms with Crippen LogP contribution < -0.4 is 10.6 Å². The monoisotopic (exact) mass is 357 g/mol. The van der Waals surface area contributed by atoms with Crippen LogP contribution >= 0.6 is 23.4 Å². The Kier molecular flexibility index (Phi) is 6.00. The largest absolute Gasteiger partial charge is 0.360 e. The molecule has 0 radical (unpaired) electrons. The summed E-state index contributed by atoms with van der Waals surface area (Å²) in [6.45, 7) is 1.71. The Hall–Kier alpha value is -2.06. The zero-order chi connectivity index (χ0) is 16.8. The highest BCUT2D eigenvalue weighted by molar-refractivity contribution is 8.00. The molecular formula is C14H13ClFN3O3S. The molecule has 0 atom stereocenters. The number of anilines is 2. The van der Waals surface area contributed by atoms with Crippen molar-refractivity contribution in [3.05, 3.63) is 40.9 Å². The average Bonchev–Trinajstić information content (AvgIpc) is 2.88. The molecule has 0 unspecified atom stereocenters. The SMILES string of the molecule is Cc1cc(NC(=O)CSCC(=O)Nc2ccc(F)c(Cl)c2)no1. The van der Waals surface area contributed by atoms with Crippen molar-refractivity contribution in [2.75, 3.05) is 22.1 Å². The smallest absolute Gasteiger partial charge is 0.235 e. The minimum atomic E-state index is -0.557. The van der Waals surface area contributed by atoms with Gasteiger partial charge in [0.25, 0.3) is 0 Å². The summed E-state index contributed by atoms with van der Waals surface area (Å²) in [5, 5.41) is 8.67. The highest BCUT2D eigenvalue weighted by Gasteiger charge is 2.09. The minimum absolute atomic E-state index is 0.0697. The maximum Gasteiger partial charge on any atom is 0.235 e. The molecule has 0 saturated heterocycles. The summed E-state index contributed by atoms with van der Waals surface area (Å²) in [5.41, 5.74) is 0.393. The molecule has 23 heavy (non-hydrogen) atoms. The topological polar surface area (TPSA) is 84.2 Å². The third-order valence-corrected chi connectivity index (χ3v) is 3.79. The van der Waals surface area contributed by atoms with Crippen molar-refractivity contribution in [3.63, 3.8) is 0 Å². The van der Waals surface area contributed by atoms with Crippen LogP contribution in [0.3, 0.4) is 0 Å². The zero-order valence-electron chi connectivity index (χ0n) is 12.1. The number of carbonyl (C=O) groups is 2. The second-order valence-electron chi connectivity index (χ2n) is 4.54. The molecule has 0 spiro atoms. The highest BCUT2D eigenvalue weighted by atomic mass is 35.5. The molecule has 1 aromatic carbocycles. The predicted molar refractivity (Wildman–Crippen MR) is 87.2 cm³/mol. The molecule has 6 nitrogen and oxygen atoms in total. The molecule has 2 rings (SSSR count). The highest BCUT2D eigenvalue weighted by Crippen LogP contribution is 2.19. The first-order valence-corrected chi connectivity index (χ1v) is 8.03. The minimum Gasteiger partial charge on any atom is -0.360 e. The van der Waals surface area contributed by atoms with Gasteiger partial charge in [-0.3, -0.25) is 9.59 Å². The van der Waals surface area contributed by atoms with Crippen LogP contribution in [0.2, 0.25) is 5.02 Å². The standard InChI is InChI=1S/C14H13ClFN3O3S/c1-8-4-12(19-22-8)18-14(21)7-23-6-13(20)17-9-2-3-11(16)10(15)5-9/h2-5H,6-7H2,1H3,(H,17,20)(H,18,19,21). The van der Waals surface area contributed by atoms with E-state index in [-0.39, 0.29) is 28.3 Å². The predicted octanol–water partition coefficient (Wildman–Crippen LogP) is 3.09. The molecule has 0 aliphatic carbocycles. The number of benzene rings is 1. The second-order valence-corrected chi connectivity index (χ2v) is 5.93. The van der Waals surface area contributed by atoms with E-state index in [0.29, 0.717) is 17.3 Å². The van der Waals surface area contributed by atoms with Gasteiger partial charge in [0.05, 0.1) is 16.5 Å². The molecule has 0 saturated carbocycles. The van der Waals surface area contributed by atoms with Crippen LogP contribution in [0.15, 0.2) is 28.8 Å². The summed E-state index contributed by atoms with van der Waals surface area (Å²) in [7, 11) is 0. The lowest BCUT2D eigenvalue weighted by Gasteiger charge is -2.06. The molecule has 0 fully saturated rings. The van der Waals surface area contributed by atoms with Crippen molar-refractivity contribution < 1.29 is 18.5 Å². The quantitative estimate of drug-likeness (QED) is 0.830. The van der Waals surface area contributed by atoms with E-state index in [2.05, 4.69) is 15.8 Å². The lowest BCUT2D eigenvalue weighted by molar-refractivity contribution is -0.114. The Bertz CT molecular complexity index is 723. The molecule has 0 aliphatic heterocycles. The van der Waals surface area contributed by atoms with Crippen molar-refractivity contribution in [1.29, 1.82) is 0 Å². The van der Waals surface area contributed by atoms with Gasteiger partial charge in [-0.15, -0.1) is 11.8 Å². The van der Waals surface area contributed by atoms with E-state index < -0.39 is 5.82 Å². The van der Waals surface area contributed by atoms with Crippen LogP contribution in [-0.4, -0.2) is 28.5 Å². The van der Waals surface area contributed by atoms with Gasteiger partial charge in [-0.2, -0.15) is 0 Å². The summed E-state index contributed by atoms with van der Waals surface area (Å²) in [6.07, 6.45) is 0. The van der Waals surface area contributed by atoms with E-state index in [1.54, 1.807) is 13.0 Å². The summed E-state index contributed by atoms with van der Waals surface area (Å²) in [6, 6.07) is 5.48. The molecule has 122 valence electrons. The van der Waals surface area contributed by atoms with Gasteiger partial charge in [-0.05, 0) is 25.1 Å². The number of hydrogen-bond donors (Lipinski definition) is 2. The zero-order valence-corrected chi connectivity index (χ0v) is 13.6. The molecular weight excluding hydrogens is 345 g/mol. The van der Waals surface area contributed by atoms with Crippen molar-refractivity contribution in [2.45, 2.75) is 6.92 Å². The third kappa shape index (κ3) is 5.57. The first kappa shape index (κ1) is 17.3. The maximum absolute atomic E-state index is 13.0. The fourth-order valence-electron chi connectivity index (χ4n) is 1.61. The molecule has 1 aromatic heterocycles. The van der Waals surface area contributed by atoms with E-state index in [1.807, 2.05) is 0 Å². The van der Waals surface area contributed by atoms with Crippen molar-refractivity contribution >= 4 is 46.7 Å². The first-order valence-electron chi connectivity index (χ1n) is 6.50. The van der Waals surface area contributed by atoms with Gasteiger partial charge in [-0.1, -0.05) is 16.8 Å².